The minimum absolute atomic E-state index is 0.100. The molecule has 1 aliphatic rings. The molecule has 0 bridgehead atoms. The summed E-state index contributed by atoms with van der Waals surface area (Å²) in [6.45, 7) is 5.55. The van der Waals surface area contributed by atoms with Gasteiger partial charge in [0.25, 0.3) is 0 Å². The molecule has 4 heteroatoms. The van der Waals surface area contributed by atoms with Gasteiger partial charge in [-0.25, -0.2) is 0 Å². The average Bonchev–Trinajstić information content (AvgIpc) is 2.56. The molecule has 1 aromatic carbocycles. The van der Waals surface area contributed by atoms with Crippen molar-refractivity contribution in [1.82, 2.24) is 0 Å². The standard InChI is InChI=1S/C13H18N2O2/c1-3-17-10-4-5-12-11(8-10)9(2)13(16)15(12)7-6-14/h4-5,8-9H,3,6-7,14H2,1-2H3. The Labute approximate surface area is 101 Å². The van der Waals surface area contributed by atoms with E-state index in [0.29, 0.717) is 19.7 Å². The molecule has 92 valence electrons. The summed E-state index contributed by atoms with van der Waals surface area (Å²) in [5, 5.41) is 0. The molecule has 0 aliphatic carbocycles. The van der Waals surface area contributed by atoms with Crippen molar-refractivity contribution in [3.63, 3.8) is 0 Å². The summed E-state index contributed by atoms with van der Waals surface area (Å²) in [4.78, 5) is 13.8. The fourth-order valence-electron chi connectivity index (χ4n) is 2.23. The molecule has 0 fully saturated rings. The molecule has 1 unspecified atom stereocenters. The molecule has 0 saturated carbocycles. The first kappa shape index (κ1) is 11.9. The van der Waals surface area contributed by atoms with Crippen LogP contribution in [0.3, 0.4) is 0 Å². The molecular weight excluding hydrogens is 216 g/mol. The van der Waals surface area contributed by atoms with Gasteiger partial charge in [-0.05, 0) is 37.6 Å². The molecule has 1 aromatic rings. The topological polar surface area (TPSA) is 55.6 Å². The van der Waals surface area contributed by atoms with Crippen LogP contribution >= 0.6 is 0 Å². The Morgan fingerprint density at radius 2 is 2.24 bits per heavy atom. The van der Waals surface area contributed by atoms with Gasteiger partial charge in [0, 0.05) is 18.8 Å². The van der Waals surface area contributed by atoms with E-state index in [1.165, 1.54) is 0 Å². The summed E-state index contributed by atoms with van der Waals surface area (Å²) in [6.07, 6.45) is 0. The lowest BCUT2D eigenvalue weighted by Crippen LogP contribution is -2.32. The van der Waals surface area contributed by atoms with Gasteiger partial charge in [0.15, 0.2) is 0 Å². The Hall–Kier alpha value is -1.55. The summed E-state index contributed by atoms with van der Waals surface area (Å²) in [7, 11) is 0. The number of rotatable bonds is 4. The zero-order valence-corrected chi connectivity index (χ0v) is 10.3. The van der Waals surface area contributed by atoms with Crippen LogP contribution in [0.4, 0.5) is 5.69 Å². The second-order valence-electron chi connectivity index (χ2n) is 4.15. The number of benzene rings is 1. The molecule has 1 atom stereocenters. The first-order valence-electron chi connectivity index (χ1n) is 5.97. The molecule has 0 aromatic heterocycles. The highest BCUT2D eigenvalue weighted by Crippen LogP contribution is 2.38. The summed E-state index contributed by atoms with van der Waals surface area (Å²) in [5.41, 5.74) is 7.54. The van der Waals surface area contributed by atoms with Gasteiger partial charge in [0.2, 0.25) is 5.91 Å². The predicted octanol–water partition coefficient (Wildman–Crippen LogP) is 1.49. The van der Waals surface area contributed by atoms with Crippen LogP contribution < -0.4 is 15.4 Å². The van der Waals surface area contributed by atoms with Gasteiger partial charge in [-0.15, -0.1) is 0 Å². The number of fused-ring (bicyclic) bond motifs is 1. The fourth-order valence-corrected chi connectivity index (χ4v) is 2.23. The van der Waals surface area contributed by atoms with Crippen LogP contribution in [-0.2, 0) is 4.79 Å². The van der Waals surface area contributed by atoms with E-state index in [1.807, 2.05) is 32.0 Å². The highest BCUT2D eigenvalue weighted by molar-refractivity contribution is 6.04. The maximum absolute atomic E-state index is 12.1. The van der Waals surface area contributed by atoms with Gasteiger partial charge in [-0.3, -0.25) is 4.79 Å². The van der Waals surface area contributed by atoms with Crippen LogP contribution in [0, 0.1) is 0 Å². The summed E-state index contributed by atoms with van der Waals surface area (Å²) >= 11 is 0. The summed E-state index contributed by atoms with van der Waals surface area (Å²) in [6, 6.07) is 5.80. The smallest absolute Gasteiger partial charge is 0.234 e. The summed E-state index contributed by atoms with van der Waals surface area (Å²) < 4.78 is 5.46. The Kier molecular flexibility index (Phi) is 3.33. The Morgan fingerprint density at radius 1 is 1.47 bits per heavy atom. The van der Waals surface area contributed by atoms with Gasteiger partial charge in [0.05, 0.1) is 12.5 Å². The van der Waals surface area contributed by atoms with Gasteiger partial charge in [0.1, 0.15) is 5.75 Å². The number of anilines is 1. The predicted molar refractivity (Wildman–Crippen MR) is 67.4 cm³/mol. The molecule has 0 radical (unpaired) electrons. The van der Waals surface area contributed by atoms with Crippen molar-refractivity contribution in [3.8, 4) is 5.75 Å². The van der Waals surface area contributed by atoms with Gasteiger partial charge < -0.3 is 15.4 Å². The third-order valence-electron chi connectivity index (χ3n) is 3.06. The number of carbonyl (C=O) groups is 1. The van der Waals surface area contributed by atoms with E-state index < -0.39 is 0 Å². The zero-order chi connectivity index (χ0) is 12.4. The van der Waals surface area contributed by atoms with E-state index in [2.05, 4.69) is 0 Å². The molecule has 1 aliphatic heterocycles. The second kappa shape index (κ2) is 4.75. The Balaban J connectivity index is 2.36. The van der Waals surface area contributed by atoms with Crippen LogP contribution in [0.2, 0.25) is 0 Å². The number of amides is 1. The maximum atomic E-state index is 12.1. The van der Waals surface area contributed by atoms with E-state index in [0.717, 1.165) is 17.0 Å². The molecule has 4 nitrogen and oxygen atoms in total. The van der Waals surface area contributed by atoms with Crippen molar-refractivity contribution in [2.75, 3.05) is 24.6 Å². The summed E-state index contributed by atoms with van der Waals surface area (Å²) in [5.74, 6) is 0.844. The van der Waals surface area contributed by atoms with E-state index >= 15 is 0 Å². The lowest BCUT2D eigenvalue weighted by atomic mass is 10.0. The van der Waals surface area contributed by atoms with Crippen molar-refractivity contribution in [2.24, 2.45) is 5.73 Å². The minimum Gasteiger partial charge on any atom is -0.494 e. The quantitative estimate of drug-likeness (QED) is 0.858. The monoisotopic (exact) mass is 234 g/mol. The van der Waals surface area contributed by atoms with E-state index in [-0.39, 0.29) is 11.8 Å². The fraction of sp³-hybridized carbons (Fsp3) is 0.462. The van der Waals surface area contributed by atoms with E-state index in [1.54, 1.807) is 4.90 Å². The number of carbonyl (C=O) groups excluding carboxylic acids is 1. The Morgan fingerprint density at radius 3 is 2.88 bits per heavy atom. The second-order valence-corrected chi connectivity index (χ2v) is 4.15. The molecule has 2 rings (SSSR count). The van der Waals surface area contributed by atoms with Crippen molar-refractivity contribution < 1.29 is 9.53 Å². The maximum Gasteiger partial charge on any atom is 0.234 e. The third kappa shape index (κ3) is 2.00. The molecule has 2 N–H and O–H groups in total. The lowest BCUT2D eigenvalue weighted by Gasteiger charge is -2.16. The zero-order valence-electron chi connectivity index (χ0n) is 10.3. The van der Waals surface area contributed by atoms with Crippen LogP contribution in [-0.4, -0.2) is 25.6 Å². The number of hydrogen-bond acceptors (Lipinski definition) is 3. The van der Waals surface area contributed by atoms with Gasteiger partial charge in [-0.2, -0.15) is 0 Å². The van der Waals surface area contributed by atoms with Crippen LogP contribution in [0.15, 0.2) is 18.2 Å². The van der Waals surface area contributed by atoms with Crippen LogP contribution in [0.5, 0.6) is 5.75 Å². The van der Waals surface area contributed by atoms with Crippen LogP contribution in [0.1, 0.15) is 25.3 Å². The van der Waals surface area contributed by atoms with Gasteiger partial charge >= 0.3 is 0 Å². The van der Waals surface area contributed by atoms with Crippen molar-refractivity contribution >= 4 is 11.6 Å². The van der Waals surface area contributed by atoms with Gasteiger partial charge in [-0.1, -0.05) is 0 Å². The van der Waals surface area contributed by atoms with Crippen molar-refractivity contribution in [3.05, 3.63) is 23.8 Å². The SMILES string of the molecule is CCOc1ccc2c(c1)C(C)C(=O)N2CCN. The third-order valence-corrected chi connectivity index (χ3v) is 3.06. The number of hydrogen-bond donors (Lipinski definition) is 1. The van der Waals surface area contributed by atoms with Crippen LogP contribution in [0.25, 0.3) is 0 Å². The number of nitrogens with zero attached hydrogens (tertiary/aromatic N) is 1. The highest BCUT2D eigenvalue weighted by Gasteiger charge is 2.33. The van der Waals surface area contributed by atoms with Crippen molar-refractivity contribution in [1.29, 1.82) is 0 Å². The lowest BCUT2D eigenvalue weighted by molar-refractivity contribution is -0.118. The molecule has 1 heterocycles. The highest BCUT2D eigenvalue weighted by atomic mass is 16.5. The first-order chi connectivity index (χ1) is 8.19. The molecule has 0 spiro atoms. The molecule has 0 saturated heterocycles. The average molecular weight is 234 g/mol. The first-order valence-corrected chi connectivity index (χ1v) is 5.97. The van der Waals surface area contributed by atoms with E-state index in [9.17, 15) is 4.79 Å². The largest absolute Gasteiger partial charge is 0.494 e. The number of ether oxygens (including phenoxy) is 1. The molecular formula is C13H18N2O2. The Bertz CT molecular complexity index is 431. The molecule has 1 amide bonds. The van der Waals surface area contributed by atoms with E-state index in [4.69, 9.17) is 10.5 Å². The number of nitrogens with two attached hydrogens (primary N) is 1. The minimum atomic E-state index is -0.100. The van der Waals surface area contributed by atoms with Crippen molar-refractivity contribution in [2.45, 2.75) is 19.8 Å². The normalized spacial score (nSPS) is 18.4. The molecule has 17 heavy (non-hydrogen) atoms.